The SMILES string of the molecule is C=N/C(=C\SCNc1ccc(C)cn1)c1sc(C(C)O)nc1C.O=CN1C(COF)C2CC[C@@H]21. The summed E-state index contributed by atoms with van der Waals surface area (Å²) in [5.41, 5.74) is 2.77. The lowest BCUT2D eigenvalue weighted by Crippen LogP contribution is -2.69. The van der Waals surface area contributed by atoms with Gasteiger partial charge < -0.3 is 15.3 Å². The van der Waals surface area contributed by atoms with Gasteiger partial charge in [-0.1, -0.05) is 6.07 Å². The molecule has 34 heavy (non-hydrogen) atoms. The Kier molecular flexibility index (Phi) is 9.57. The van der Waals surface area contributed by atoms with E-state index in [1.807, 2.05) is 37.6 Å². The fourth-order valence-corrected chi connectivity index (χ4v) is 5.65. The van der Waals surface area contributed by atoms with Crippen LogP contribution in [0, 0.1) is 19.8 Å². The lowest BCUT2D eigenvalue weighted by molar-refractivity contribution is -0.204. The van der Waals surface area contributed by atoms with Crippen molar-refractivity contribution in [2.75, 3.05) is 17.8 Å². The Morgan fingerprint density at radius 1 is 1.50 bits per heavy atom. The van der Waals surface area contributed by atoms with E-state index in [1.54, 1.807) is 23.6 Å². The van der Waals surface area contributed by atoms with E-state index < -0.39 is 6.10 Å². The maximum Gasteiger partial charge on any atom is 0.210 e. The molecule has 2 aliphatic rings. The minimum absolute atomic E-state index is 0.0104. The predicted molar refractivity (Wildman–Crippen MR) is 135 cm³/mol. The average molecular weight is 508 g/mol. The summed E-state index contributed by atoms with van der Waals surface area (Å²) < 4.78 is 11.5. The van der Waals surface area contributed by atoms with Crippen molar-refractivity contribution in [3.05, 3.63) is 44.9 Å². The Hall–Kier alpha value is -2.34. The maximum absolute atomic E-state index is 11.5. The molecule has 2 N–H and O–H groups in total. The highest BCUT2D eigenvalue weighted by molar-refractivity contribution is 8.02. The third-order valence-electron chi connectivity index (χ3n) is 5.92. The molecule has 2 aromatic heterocycles. The molecule has 3 unspecified atom stereocenters. The van der Waals surface area contributed by atoms with E-state index in [4.69, 9.17) is 0 Å². The van der Waals surface area contributed by atoms with Gasteiger partial charge in [0.05, 0.1) is 28.2 Å². The zero-order valence-corrected chi connectivity index (χ0v) is 21.1. The van der Waals surface area contributed by atoms with Gasteiger partial charge in [-0.05, 0) is 61.9 Å². The third kappa shape index (κ3) is 6.21. The van der Waals surface area contributed by atoms with Gasteiger partial charge in [0.1, 0.15) is 23.5 Å². The number of aromatic nitrogens is 2. The lowest BCUT2D eigenvalue weighted by atomic mass is 9.66. The number of fused-ring (bicyclic) bond motifs is 1. The van der Waals surface area contributed by atoms with Crippen LogP contribution in [0.5, 0.6) is 0 Å². The number of anilines is 1. The fraction of sp³-hybridized carbons (Fsp3) is 0.478. The molecule has 1 aliphatic carbocycles. The van der Waals surface area contributed by atoms with Crippen molar-refractivity contribution in [1.82, 2.24) is 14.9 Å². The van der Waals surface area contributed by atoms with Gasteiger partial charge in [0, 0.05) is 18.2 Å². The Morgan fingerprint density at radius 2 is 2.29 bits per heavy atom. The van der Waals surface area contributed by atoms with E-state index in [2.05, 4.69) is 31.9 Å². The van der Waals surface area contributed by atoms with Crippen LogP contribution in [0.15, 0.2) is 28.7 Å². The van der Waals surface area contributed by atoms with E-state index in [0.717, 1.165) is 46.9 Å². The van der Waals surface area contributed by atoms with Crippen LogP contribution in [0.4, 0.5) is 10.3 Å². The number of aryl methyl sites for hydroxylation is 2. The first-order valence-corrected chi connectivity index (χ1v) is 12.8. The first-order chi connectivity index (χ1) is 16.4. The maximum atomic E-state index is 11.5. The monoisotopic (exact) mass is 507 g/mol. The summed E-state index contributed by atoms with van der Waals surface area (Å²) in [5, 5.41) is 15.5. The van der Waals surface area contributed by atoms with Crippen molar-refractivity contribution in [3.63, 3.8) is 0 Å². The first kappa shape index (κ1) is 26.3. The largest absolute Gasteiger partial charge is 0.386 e. The molecule has 2 fully saturated rings. The molecule has 4 atom stereocenters. The number of aliphatic hydroxyl groups excluding tert-OH is 1. The number of thioether (sulfide) groups is 1. The molecule has 11 heteroatoms. The Bertz CT molecular complexity index is 999. The number of aliphatic hydroxyl groups is 1. The fourth-order valence-electron chi connectivity index (χ4n) is 3.93. The van der Waals surface area contributed by atoms with Gasteiger partial charge in [-0.25, -0.2) is 9.97 Å². The number of halogens is 1. The van der Waals surface area contributed by atoms with Crippen molar-refractivity contribution in [1.29, 1.82) is 0 Å². The molecule has 184 valence electrons. The van der Waals surface area contributed by atoms with Crippen LogP contribution in [0.25, 0.3) is 5.70 Å². The number of amides is 1. The minimum Gasteiger partial charge on any atom is -0.386 e. The lowest BCUT2D eigenvalue weighted by Gasteiger charge is -2.59. The van der Waals surface area contributed by atoms with Crippen molar-refractivity contribution in [2.24, 2.45) is 10.9 Å². The quantitative estimate of drug-likeness (QED) is 0.211. The number of piperidine rings is 1. The molecule has 0 aromatic carbocycles. The van der Waals surface area contributed by atoms with Crippen LogP contribution in [0.3, 0.4) is 0 Å². The van der Waals surface area contributed by atoms with Gasteiger partial charge in [0.25, 0.3) is 0 Å². The Labute approximate surface area is 207 Å². The standard InChI is InChI=1S/C16H20N4OS2.C7H10FNO2/c1-10-5-6-14(18-7-10)19-9-22-8-13(17-4)15-11(2)20-16(23-15)12(3)21;8-11-3-7-5-1-2-6(5)9(7)4-10/h5-8,12,21H,4,9H2,1-3H3,(H,18,19);4-7H,1-3H2/b13-8-;/t;5?,6-,7?/m.0/s1. The number of hydrogen-bond acceptors (Lipinski definition) is 9. The number of hydrogen-bond donors (Lipinski definition) is 2. The molecular weight excluding hydrogens is 477 g/mol. The minimum atomic E-state index is -0.569. The molecule has 4 rings (SSSR count). The molecule has 8 nitrogen and oxygen atoms in total. The molecule has 3 heterocycles. The zero-order valence-electron chi connectivity index (χ0n) is 19.5. The highest BCUT2D eigenvalue weighted by atomic mass is 32.2. The summed E-state index contributed by atoms with van der Waals surface area (Å²) in [7, 11) is 0. The van der Waals surface area contributed by atoms with Crippen LogP contribution < -0.4 is 5.32 Å². The number of thiazole rings is 1. The van der Waals surface area contributed by atoms with Crippen molar-refractivity contribution >= 4 is 47.7 Å². The molecular formula is C23H30FN5O3S2. The van der Waals surface area contributed by atoms with Crippen LogP contribution in [-0.4, -0.2) is 57.7 Å². The molecule has 1 amide bonds. The average Bonchev–Trinajstić information content (AvgIpc) is 3.20. The number of rotatable bonds is 10. The van der Waals surface area contributed by atoms with Crippen molar-refractivity contribution in [3.8, 4) is 0 Å². The summed E-state index contributed by atoms with van der Waals surface area (Å²) in [4.78, 5) is 29.3. The first-order valence-electron chi connectivity index (χ1n) is 11.0. The van der Waals surface area contributed by atoms with Gasteiger partial charge in [-0.3, -0.25) is 9.79 Å². The second kappa shape index (κ2) is 12.4. The topological polar surface area (TPSA) is 99.9 Å². The van der Waals surface area contributed by atoms with Gasteiger partial charge in [-0.15, -0.1) is 23.1 Å². The molecule has 0 bridgehead atoms. The number of carbonyl (C=O) groups is 1. The smallest absolute Gasteiger partial charge is 0.210 e. The second-order valence-electron chi connectivity index (χ2n) is 8.22. The van der Waals surface area contributed by atoms with Crippen LogP contribution in [0.2, 0.25) is 0 Å². The Morgan fingerprint density at radius 3 is 2.82 bits per heavy atom. The van der Waals surface area contributed by atoms with Crippen molar-refractivity contribution < 1.29 is 19.4 Å². The highest BCUT2D eigenvalue weighted by Crippen LogP contribution is 2.46. The molecule has 0 radical (unpaired) electrons. The summed E-state index contributed by atoms with van der Waals surface area (Å²) in [5.74, 6) is 2.03. The molecule has 1 aliphatic heterocycles. The summed E-state index contributed by atoms with van der Waals surface area (Å²) in [6.45, 7) is 9.30. The van der Waals surface area contributed by atoms with Crippen LogP contribution >= 0.6 is 23.1 Å². The van der Waals surface area contributed by atoms with Gasteiger partial charge >= 0.3 is 0 Å². The predicted octanol–water partition coefficient (Wildman–Crippen LogP) is 4.52. The third-order valence-corrected chi connectivity index (χ3v) is 7.97. The second-order valence-corrected chi connectivity index (χ2v) is 10.1. The normalized spacial score (nSPS) is 21.9. The zero-order chi connectivity index (χ0) is 24.7. The number of pyridine rings is 1. The van der Waals surface area contributed by atoms with Gasteiger partial charge in [-0.2, -0.15) is 4.94 Å². The Balaban J connectivity index is 0.000000243. The number of nitrogens with one attached hydrogen (secondary N) is 1. The van der Waals surface area contributed by atoms with Gasteiger partial charge in [0.2, 0.25) is 6.41 Å². The number of aliphatic imine (C=N–C) groups is 1. The van der Waals surface area contributed by atoms with E-state index in [9.17, 15) is 14.4 Å². The number of carbonyl (C=O) groups excluding carboxylic acids is 1. The summed E-state index contributed by atoms with van der Waals surface area (Å²) >= 11 is 3.02. The van der Waals surface area contributed by atoms with Crippen molar-refractivity contribution in [2.45, 2.75) is 51.8 Å². The number of nitrogens with zero attached hydrogens (tertiary/aromatic N) is 4. The van der Waals surface area contributed by atoms with E-state index >= 15 is 0 Å². The molecule has 1 saturated carbocycles. The molecule has 0 spiro atoms. The molecule has 1 saturated heterocycles. The highest BCUT2D eigenvalue weighted by Gasteiger charge is 2.53. The van der Waals surface area contributed by atoms with Gasteiger partial charge in [0.15, 0.2) is 0 Å². The van der Waals surface area contributed by atoms with Crippen LogP contribution in [0.1, 0.15) is 47.0 Å². The van der Waals surface area contributed by atoms with E-state index in [0.29, 0.717) is 22.8 Å². The van der Waals surface area contributed by atoms with Crippen LogP contribution in [-0.2, 0) is 9.74 Å². The molecule has 2 aromatic rings. The summed E-state index contributed by atoms with van der Waals surface area (Å²) in [6, 6.07) is 4.38. The van der Waals surface area contributed by atoms with E-state index in [1.165, 1.54) is 11.3 Å². The van der Waals surface area contributed by atoms with E-state index in [-0.39, 0.29) is 12.6 Å². The number of likely N-dealkylation sites (tertiary alicyclic amines) is 1. The summed E-state index contributed by atoms with van der Waals surface area (Å²) in [6.07, 6.45) is 4.25.